The van der Waals surface area contributed by atoms with Crippen LogP contribution in [0.2, 0.25) is 0 Å². The molecule has 10 heteroatoms. The highest BCUT2D eigenvalue weighted by molar-refractivity contribution is 7.85. The van der Waals surface area contributed by atoms with Crippen molar-refractivity contribution in [2.75, 3.05) is 0 Å². The molecule has 154 valence electrons. The standard InChI is InChI=1S/C20H18N4O5S/c1-12-16(10-13-4-9-17-18(11-13)23(3)20(26)22(17)2)19(25)24(21-12)14-5-7-15(8-6-14)30(27,28)29/h4-11,21H,1H2,2-3H3,(H,27,28,29)/p-1/b16-10+. The minimum absolute atomic E-state index is 0.146. The molecule has 0 fully saturated rings. The van der Waals surface area contributed by atoms with Gasteiger partial charge in [-0.25, -0.2) is 17.9 Å². The number of hydrogen-bond acceptors (Lipinski definition) is 5. The Labute approximate surface area is 170 Å². The summed E-state index contributed by atoms with van der Waals surface area (Å²) < 4.78 is 37.5. The summed E-state index contributed by atoms with van der Waals surface area (Å²) in [6, 6.07) is 10.4. The quantitative estimate of drug-likeness (QED) is 0.444. The van der Waals surface area contributed by atoms with Crippen LogP contribution >= 0.6 is 0 Å². The van der Waals surface area contributed by atoms with Crippen LogP contribution in [-0.4, -0.2) is 31.9 Å². The molecule has 2 heterocycles. The molecule has 0 spiro atoms. The largest absolute Gasteiger partial charge is 0.744 e. The van der Waals surface area contributed by atoms with Crippen LogP contribution in [-0.2, 0) is 24.2 Å². The number of nitrogens with zero attached hydrogens (tertiary/aromatic N) is 3. The normalized spacial score (nSPS) is 12.7. The second-order valence-corrected chi connectivity index (χ2v) is 8.27. The zero-order chi connectivity index (χ0) is 21.8. The molecule has 4 aromatic rings. The average Bonchev–Trinajstić information content (AvgIpc) is 3.10. The van der Waals surface area contributed by atoms with E-state index in [2.05, 4.69) is 11.7 Å². The SMILES string of the molecule is C=c1[nH]n(-c2ccc(S(=O)(=O)[O-])cc2)c(=O)/c1=C/c1ccc2c(c1)n(C)c(=O)n2C. The van der Waals surface area contributed by atoms with Gasteiger partial charge in [-0.05, 0) is 48.0 Å². The molecule has 30 heavy (non-hydrogen) atoms. The highest BCUT2D eigenvalue weighted by Crippen LogP contribution is 2.14. The van der Waals surface area contributed by atoms with Crippen LogP contribution in [0.4, 0.5) is 0 Å². The molecular formula is C20H17N4O5S-. The van der Waals surface area contributed by atoms with Crippen molar-refractivity contribution < 1.29 is 13.0 Å². The second kappa shape index (κ2) is 6.71. The van der Waals surface area contributed by atoms with E-state index in [1.807, 2.05) is 0 Å². The minimum Gasteiger partial charge on any atom is -0.744 e. The Balaban J connectivity index is 1.85. The van der Waals surface area contributed by atoms with Gasteiger partial charge in [0.2, 0.25) is 0 Å². The summed E-state index contributed by atoms with van der Waals surface area (Å²) in [6.45, 7) is 3.87. The molecule has 0 radical (unpaired) electrons. The number of H-pyrrole nitrogens is 1. The van der Waals surface area contributed by atoms with Gasteiger partial charge in [0.05, 0.1) is 32.2 Å². The zero-order valence-corrected chi connectivity index (χ0v) is 16.9. The molecule has 0 amide bonds. The smallest absolute Gasteiger partial charge is 0.328 e. The number of benzene rings is 2. The Kier molecular flexibility index (Phi) is 4.40. The van der Waals surface area contributed by atoms with Gasteiger partial charge in [0, 0.05) is 14.1 Å². The second-order valence-electron chi connectivity index (χ2n) is 6.89. The number of nitrogens with one attached hydrogen (secondary N) is 1. The van der Waals surface area contributed by atoms with Crippen molar-refractivity contribution in [2.45, 2.75) is 4.90 Å². The third-order valence-corrected chi connectivity index (χ3v) is 5.85. The molecule has 0 atom stereocenters. The first-order valence-corrected chi connectivity index (χ1v) is 10.2. The number of aryl methyl sites for hydroxylation is 2. The number of rotatable bonds is 3. The van der Waals surface area contributed by atoms with E-state index in [9.17, 15) is 22.6 Å². The highest BCUT2D eigenvalue weighted by Gasteiger charge is 2.09. The molecule has 0 unspecified atom stereocenters. The third kappa shape index (κ3) is 3.11. The molecule has 2 aromatic heterocycles. The van der Waals surface area contributed by atoms with Gasteiger partial charge in [-0.3, -0.25) is 19.0 Å². The summed E-state index contributed by atoms with van der Waals surface area (Å²) in [4.78, 5) is 24.6. The van der Waals surface area contributed by atoms with Crippen LogP contribution in [0.1, 0.15) is 5.56 Å². The molecule has 0 bridgehead atoms. The van der Waals surface area contributed by atoms with Crippen LogP contribution < -0.4 is 21.8 Å². The fraction of sp³-hybridized carbons (Fsp3) is 0.100. The van der Waals surface area contributed by atoms with Crippen molar-refractivity contribution in [1.82, 2.24) is 18.9 Å². The lowest BCUT2D eigenvalue weighted by atomic mass is 10.1. The minimum atomic E-state index is -4.57. The average molecular weight is 425 g/mol. The Bertz CT molecular complexity index is 1630. The van der Waals surface area contributed by atoms with E-state index < -0.39 is 10.1 Å². The molecule has 0 saturated heterocycles. The van der Waals surface area contributed by atoms with Gasteiger partial charge in [0.15, 0.2) is 0 Å². The van der Waals surface area contributed by atoms with E-state index in [-0.39, 0.29) is 16.1 Å². The van der Waals surface area contributed by atoms with E-state index in [1.54, 1.807) is 42.9 Å². The summed E-state index contributed by atoms with van der Waals surface area (Å²) in [5.41, 5.74) is 2.04. The third-order valence-electron chi connectivity index (χ3n) is 5.00. The zero-order valence-electron chi connectivity index (χ0n) is 16.1. The van der Waals surface area contributed by atoms with Crippen molar-refractivity contribution >= 4 is 33.8 Å². The molecule has 0 saturated carbocycles. The van der Waals surface area contributed by atoms with Crippen molar-refractivity contribution in [3.05, 3.63) is 79.4 Å². The van der Waals surface area contributed by atoms with Gasteiger partial charge in [-0.2, -0.15) is 0 Å². The van der Waals surface area contributed by atoms with Crippen molar-refractivity contribution in [1.29, 1.82) is 0 Å². The summed E-state index contributed by atoms with van der Waals surface area (Å²) >= 11 is 0. The molecule has 0 aliphatic carbocycles. The van der Waals surface area contributed by atoms with Crippen molar-refractivity contribution in [2.24, 2.45) is 14.1 Å². The highest BCUT2D eigenvalue weighted by atomic mass is 32.2. The number of imidazole rings is 1. The van der Waals surface area contributed by atoms with Gasteiger partial charge in [0.1, 0.15) is 10.1 Å². The number of aromatic nitrogens is 4. The maximum Gasteiger partial charge on any atom is 0.328 e. The first-order valence-electron chi connectivity index (χ1n) is 8.81. The molecular weight excluding hydrogens is 408 g/mol. The van der Waals surface area contributed by atoms with Gasteiger partial charge < -0.3 is 4.55 Å². The summed E-state index contributed by atoms with van der Waals surface area (Å²) in [5, 5.41) is 3.52. The van der Waals surface area contributed by atoms with Gasteiger partial charge in [-0.1, -0.05) is 12.6 Å². The van der Waals surface area contributed by atoms with E-state index >= 15 is 0 Å². The van der Waals surface area contributed by atoms with Crippen LogP contribution in [0.5, 0.6) is 0 Å². The molecule has 4 rings (SSSR count). The van der Waals surface area contributed by atoms with Crippen LogP contribution in [0.15, 0.2) is 56.9 Å². The lowest BCUT2D eigenvalue weighted by molar-refractivity contribution is 0.463. The molecule has 0 aliphatic heterocycles. The Morgan fingerprint density at radius 3 is 2.27 bits per heavy atom. The van der Waals surface area contributed by atoms with Crippen LogP contribution in [0.25, 0.3) is 29.4 Å². The first-order chi connectivity index (χ1) is 14.1. The summed E-state index contributed by atoms with van der Waals surface area (Å²) in [6.07, 6.45) is 1.66. The lowest BCUT2D eigenvalue weighted by Gasteiger charge is -2.07. The Hall–Kier alpha value is -3.63. The van der Waals surface area contributed by atoms with Gasteiger partial charge in [-0.15, -0.1) is 0 Å². The number of fused-ring (bicyclic) bond motifs is 1. The Morgan fingerprint density at radius 2 is 1.63 bits per heavy atom. The first kappa shape index (κ1) is 19.7. The monoisotopic (exact) mass is 425 g/mol. The molecule has 9 nitrogen and oxygen atoms in total. The van der Waals surface area contributed by atoms with E-state index in [4.69, 9.17) is 0 Å². The maximum absolute atomic E-state index is 12.9. The Morgan fingerprint density at radius 1 is 1.00 bits per heavy atom. The molecule has 2 aromatic carbocycles. The fourth-order valence-corrected chi connectivity index (χ4v) is 3.84. The van der Waals surface area contributed by atoms with E-state index in [0.717, 1.165) is 23.2 Å². The van der Waals surface area contributed by atoms with Crippen LogP contribution in [0.3, 0.4) is 0 Å². The summed E-state index contributed by atoms with van der Waals surface area (Å²) in [5.74, 6) is 0. The molecule has 1 N–H and O–H groups in total. The molecule has 0 aliphatic rings. The van der Waals surface area contributed by atoms with Crippen molar-refractivity contribution in [3.8, 4) is 5.69 Å². The van der Waals surface area contributed by atoms with E-state index in [1.165, 1.54) is 21.4 Å². The lowest BCUT2D eigenvalue weighted by Crippen LogP contribution is -2.33. The topological polar surface area (TPSA) is 122 Å². The number of hydrogen-bond donors (Lipinski definition) is 1. The predicted molar refractivity (Wildman–Crippen MR) is 111 cm³/mol. The maximum atomic E-state index is 12.9. The van der Waals surface area contributed by atoms with Crippen molar-refractivity contribution in [3.63, 3.8) is 0 Å². The fourth-order valence-electron chi connectivity index (χ4n) is 3.37. The number of aromatic amines is 1. The van der Waals surface area contributed by atoms with E-state index in [0.29, 0.717) is 21.8 Å². The van der Waals surface area contributed by atoms with Gasteiger partial charge >= 0.3 is 5.69 Å². The predicted octanol–water partition coefficient (Wildman–Crippen LogP) is -0.501. The van der Waals surface area contributed by atoms with Crippen LogP contribution in [0, 0.1) is 0 Å². The van der Waals surface area contributed by atoms with Gasteiger partial charge in [0.25, 0.3) is 5.56 Å². The summed E-state index contributed by atoms with van der Waals surface area (Å²) in [7, 11) is -1.20.